The van der Waals surface area contributed by atoms with Crippen LogP contribution in [0.15, 0.2) is 0 Å². The molecule has 0 saturated carbocycles. The molecule has 0 amide bonds. The summed E-state index contributed by atoms with van der Waals surface area (Å²) < 4.78 is 40.4. The predicted molar refractivity (Wildman–Crippen MR) is 46.1 cm³/mol. The second-order valence-corrected chi connectivity index (χ2v) is 3.66. The molecule has 1 N–H and O–H groups in total. The number of likely N-dealkylation sites (N-methyl/N-ethyl adjacent to an activating group) is 1. The van der Waals surface area contributed by atoms with Gasteiger partial charge in [0, 0.05) is 19.6 Å². The lowest BCUT2D eigenvalue weighted by atomic mass is 10.2. The molecule has 0 spiro atoms. The average molecular weight is 226 g/mol. The van der Waals surface area contributed by atoms with Crippen LogP contribution < -0.4 is 5.32 Å². The van der Waals surface area contributed by atoms with Gasteiger partial charge in [-0.2, -0.15) is 13.2 Å². The van der Waals surface area contributed by atoms with E-state index in [1.807, 2.05) is 0 Å². The van der Waals surface area contributed by atoms with Crippen molar-refractivity contribution in [2.24, 2.45) is 0 Å². The summed E-state index contributed by atoms with van der Waals surface area (Å²) in [5, 5.41) is 2.88. The summed E-state index contributed by atoms with van der Waals surface area (Å²) in [6, 6.07) is 0. The van der Waals surface area contributed by atoms with E-state index in [2.05, 4.69) is 10.1 Å². The molecule has 15 heavy (non-hydrogen) atoms. The van der Waals surface area contributed by atoms with Crippen molar-refractivity contribution in [2.45, 2.75) is 18.8 Å². The topological polar surface area (TPSA) is 41.6 Å². The quantitative estimate of drug-likeness (QED) is 0.655. The van der Waals surface area contributed by atoms with E-state index in [1.165, 1.54) is 6.92 Å². The maximum absolute atomic E-state index is 12.0. The van der Waals surface area contributed by atoms with E-state index >= 15 is 0 Å². The normalized spacial score (nSPS) is 28.9. The van der Waals surface area contributed by atoms with Crippen molar-refractivity contribution in [3.63, 3.8) is 0 Å². The molecule has 1 atom stereocenters. The minimum Gasteiger partial charge on any atom is -0.436 e. The van der Waals surface area contributed by atoms with Crippen LogP contribution in [0.1, 0.15) is 6.92 Å². The Balaban J connectivity index is 2.66. The SMILES string of the molecule is CN1CCNC[C@]1(C)OC(=O)C(F)(F)F. The van der Waals surface area contributed by atoms with Crippen molar-refractivity contribution in [1.29, 1.82) is 0 Å². The van der Waals surface area contributed by atoms with Crippen LogP contribution in [0, 0.1) is 0 Å². The summed E-state index contributed by atoms with van der Waals surface area (Å²) >= 11 is 0. The molecule has 1 aliphatic heterocycles. The Morgan fingerprint density at radius 1 is 1.53 bits per heavy atom. The van der Waals surface area contributed by atoms with Gasteiger partial charge >= 0.3 is 12.1 Å². The molecule has 1 saturated heterocycles. The second-order valence-electron chi connectivity index (χ2n) is 3.66. The number of rotatable bonds is 1. The molecule has 4 nitrogen and oxygen atoms in total. The van der Waals surface area contributed by atoms with Gasteiger partial charge in [-0.3, -0.25) is 4.90 Å². The van der Waals surface area contributed by atoms with E-state index in [0.29, 0.717) is 13.1 Å². The summed E-state index contributed by atoms with van der Waals surface area (Å²) in [5.74, 6) is -2.15. The highest BCUT2D eigenvalue weighted by Crippen LogP contribution is 2.23. The number of carbonyl (C=O) groups excluding carboxylic acids is 1. The molecule has 0 unspecified atom stereocenters. The lowest BCUT2D eigenvalue weighted by molar-refractivity contribution is -0.228. The number of alkyl halides is 3. The first-order valence-corrected chi connectivity index (χ1v) is 4.48. The molecule has 0 aromatic heterocycles. The highest BCUT2D eigenvalue weighted by Gasteiger charge is 2.46. The van der Waals surface area contributed by atoms with Crippen LogP contribution in [0.4, 0.5) is 13.2 Å². The maximum atomic E-state index is 12.0. The Kier molecular flexibility index (Phi) is 3.25. The molecule has 1 rings (SSSR count). The summed E-state index contributed by atoms with van der Waals surface area (Å²) in [5.41, 5.74) is -1.23. The number of hydrogen-bond donors (Lipinski definition) is 1. The fourth-order valence-corrected chi connectivity index (χ4v) is 1.31. The second kappa shape index (κ2) is 3.97. The molecule has 7 heteroatoms. The van der Waals surface area contributed by atoms with E-state index < -0.39 is 17.9 Å². The minimum absolute atomic E-state index is 0.186. The van der Waals surface area contributed by atoms with E-state index in [0.717, 1.165) is 0 Å². The fraction of sp³-hybridized carbons (Fsp3) is 0.875. The fourth-order valence-electron chi connectivity index (χ4n) is 1.31. The van der Waals surface area contributed by atoms with Crippen molar-refractivity contribution < 1.29 is 22.7 Å². The smallest absolute Gasteiger partial charge is 0.436 e. The molecule has 1 aliphatic rings. The number of halogens is 3. The third-order valence-corrected chi connectivity index (χ3v) is 2.43. The first-order valence-electron chi connectivity index (χ1n) is 4.48. The van der Waals surface area contributed by atoms with Gasteiger partial charge in [-0.25, -0.2) is 4.79 Å². The lowest BCUT2D eigenvalue weighted by Crippen LogP contribution is -2.60. The number of carbonyl (C=O) groups is 1. The predicted octanol–water partition coefficient (Wildman–Crippen LogP) is 0.343. The lowest BCUT2D eigenvalue weighted by Gasteiger charge is -2.41. The molecule has 1 fully saturated rings. The van der Waals surface area contributed by atoms with E-state index in [1.54, 1.807) is 11.9 Å². The van der Waals surface area contributed by atoms with Gasteiger partial charge < -0.3 is 10.1 Å². The van der Waals surface area contributed by atoms with Gasteiger partial charge in [-0.15, -0.1) is 0 Å². The Bertz CT molecular complexity index is 257. The zero-order valence-electron chi connectivity index (χ0n) is 8.52. The van der Waals surface area contributed by atoms with Crippen LogP contribution in [-0.4, -0.2) is 49.5 Å². The average Bonchev–Trinajstić information content (AvgIpc) is 2.09. The summed E-state index contributed by atoms with van der Waals surface area (Å²) in [4.78, 5) is 12.3. The van der Waals surface area contributed by atoms with Gasteiger partial charge in [0.15, 0.2) is 5.72 Å². The van der Waals surface area contributed by atoms with E-state index in [4.69, 9.17) is 0 Å². The van der Waals surface area contributed by atoms with Crippen molar-refractivity contribution in [3.8, 4) is 0 Å². The van der Waals surface area contributed by atoms with Crippen molar-refractivity contribution in [3.05, 3.63) is 0 Å². The minimum atomic E-state index is -4.94. The van der Waals surface area contributed by atoms with Crippen LogP contribution >= 0.6 is 0 Å². The monoisotopic (exact) mass is 226 g/mol. The standard InChI is InChI=1S/C8H13F3N2O2/c1-7(5-12-3-4-13(7)2)15-6(14)8(9,10)11/h12H,3-5H2,1-2H3/t7-/m0/s1. The summed E-state index contributed by atoms with van der Waals surface area (Å²) in [7, 11) is 1.62. The molecule has 0 aliphatic carbocycles. The Labute approximate surface area is 85.4 Å². The molecule has 0 bridgehead atoms. The Morgan fingerprint density at radius 3 is 2.60 bits per heavy atom. The van der Waals surface area contributed by atoms with E-state index in [-0.39, 0.29) is 6.54 Å². The highest BCUT2D eigenvalue weighted by atomic mass is 19.4. The molecule has 1 heterocycles. The van der Waals surface area contributed by atoms with Crippen molar-refractivity contribution >= 4 is 5.97 Å². The molecule has 88 valence electrons. The number of esters is 1. The zero-order valence-corrected chi connectivity index (χ0v) is 8.52. The van der Waals surface area contributed by atoms with Crippen LogP contribution in [0.2, 0.25) is 0 Å². The summed E-state index contributed by atoms with van der Waals surface area (Å²) in [6.07, 6.45) is -4.94. The van der Waals surface area contributed by atoms with Gasteiger partial charge in [0.25, 0.3) is 0 Å². The van der Waals surface area contributed by atoms with E-state index in [9.17, 15) is 18.0 Å². The van der Waals surface area contributed by atoms with Gasteiger partial charge in [0.05, 0.1) is 0 Å². The number of hydrogen-bond acceptors (Lipinski definition) is 4. The Morgan fingerprint density at radius 2 is 2.13 bits per heavy atom. The van der Waals surface area contributed by atoms with Crippen LogP contribution in [0.5, 0.6) is 0 Å². The zero-order chi connectivity index (χ0) is 11.7. The van der Waals surface area contributed by atoms with Gasteiger partial charge in [0.1, 0.15) is 0 Å². The first kappa shape index (κ1) is 12.3. The third kappa shape index (κ3) is 2.82. The number of piperazine rings is 1. The molecular formula is C8H13F3N2O2. The number of nitrogens with one attached hydrogen (secondary N) is 1. The van der Waals surface area contributed by atoms with Crippen molar-refractivity contribution in [2.75, 3.05) is 26.7 Å². The highest BCUT2D eigenvalue weighted by molar-refractivity contribution is 5.76. The number of ether oxygens (including phenoxy) is 1. The molecular weight excluding hydrogens is 213 g/mol. The largest absolute Gasteiger partial charge is 0.490 e. The molecule has 0 aromatic rings. The van der Waals surface area contributed by atoms with Gasteiger partial charge in [-0.05, 0) is 14.0 Å². The van der Waals surface area contributed by atoms with Crippen molar-refractivity contribution in [1.82, 2.24) is 10.2 Å². The van der Waals surface area contributed by atoms with Gasteiger partial charge in [0.2, 0.25) is 0 Å². The number of nitrogens with zero attached hydrogens (tertiary/aromatic N) is 1. The third-order valence-electron chi connectivity index (χ3n) is 2.43. The van der Waals surface area contributed by atoms with Crippen LogP contribution in [-0.2, 0) is 9.53 Å². The Hall–Kier alpha value is -0.820. The first-order chi connectivity index (χ1) is 6.76. The van der Waals surface area contributed by atoms with Crippen LogP contribution in [0.3, 0.4) is 0 Å². The molecule has 0 aromatic carbocycles. The van der Waals surface area contributed by atoms with Gasteiger partial charge in [-0.1, -0.05) is 0 Å². The maximum Gasteiger partial charge on any atom is 0.490 e. The van der Waals surface area contributed by atoms with Crippen LogP contribution in [0.25, 0.3) is 0 Å². The molecule has 0 radical (unpaired) electrons. The summed E-state index contributed by atoms with van der Waals surface area (Å²) in [6.45, 7) is 2.82.